The normalized spacial score (nSPS) is 25.8. The van der Waals surface area contributed by atoms with Gasteiger partial charge in [-0.3, -0.25) is 0 Å². The first-order valence-corrected chi connectivity index (χ1v) is 12.4. The summed E-state index contributed by atoms with van der Waals surface area (Å²) in [5.41, 5.74) is 4.04. The number of hydrogen-bond acceptors (Lipinski definition) is 2. The second-order valence-corrected chi connectivity index (χ2v) is 11.2. The molecule has 0 aliphatic heterocycles. The van der Waals surface area contributed by atoms with Gasteiger partial charge in [-0.1, -0.05) is 99.5 Å². The van der Waals surface area contributed by atoms with Gasteiger partial charge in [-0.2, -0.15) is 0 Å². The maximum atomic E-state index is 12.8. The van der Waals surface area contributed by atoms with Crippen LogP contribution in [0.5, 0.6) is 5.75 Å². The van der Waals surface area contributed by atoms with Crippen molar-refractivity contribution in [3.63, 3.8) is 0 Å². The number of carbonyl (C=O) groups is 1. The SMILES string of the molecule is CC(C=CC12CC1(C)CCCC2(C)C)=Cc1ccc(C(=O)Oc2cccc3ccccc23)cc1. The third-order valence-corrected chi connectivity index (χ3v) is 8.48. The zero-order valence-electron chi connectivity index (χ0n) is 20.7. The second kappa shape index (κ2) is 8.27. The lowest BCUT2D eigenvalue weighted by Crippen LogP contribution is -2.32. The van der Waals surface area contributed by atoms with Crippen LogP contribution in [0.3, 0.4) is 0 Å². The summed E-state index contributed by atoms with van der Waals surface area (Å²) in [5, 5.41) is 1.99. The van der Waals surface area contributed by atoms with Crippen LogP contribution >= 0.6 is 0 Å². The molecule has 3 aromatic carbocycles. The molecule has 2 aliphatic rings. The maximum Gasteiger partial charge on any atom is 0.343 e. The first kappa shape index (κ1) is 22.7. The molecule has 0 aromatic heterocycles. The van der Waals surface area contributed by atoms with Crippen molar-refractivity contribution in [2.75, 3.05) is 0 Å². The molecule has 2 nitrogen and oxygen atoms in total. The molecule has 2 heteroatoms. The Kier molecular flexibility index (Phi) is 5.51. The van der Waals surface area contributed by atoms with Crippen LogP contribution in [0.15, 0.2) is 84.5 Å². The smallest absolute Gasteiger partial charge is 0.343 e. The van der Waals surface area contributed by atoms with Crippen LogP contribution in [0.1, 0.15) is 69.3 Å². The molecule has 0 N–H and O–H groups in total. The van der Waals surface area contributed by atoms with Crippen molar-refractivity contribution in [1.29, 1.82) is 0 Å². The van der Waals surface area contributed by atoms with Crippen molar-refractivity contribution in [1.82, 2.24) is 0 Å². The molecule has 0 saturated heterocycles. The maximum absolute atomic E-state index is 12.8. The van der Waals surface area contributed by atoms with Gasteiger partial charge in [0.15, 0.2) is 0 Å². The molecule has 0 bridgehead atoms. The Morgan fingerprint density at radius 2 is 1.65 bits per heavy atom. The van der Waals surface area contributed by atoms with E-state index in [1.54, 1.807) is 0 Å². The Balaban J connectivity index is 1.28. The first-order chi connectivity index (χ1) is 16.2. The van der Waals surface area contributed by atoms with Gasteiger partial charge in [0, 0.05) is 5.39 Å². The van der Waals surface area contributed by atoms with Gasteiger partial charge in [0.2, 0.25) is 0 Å². The van der Waals surface area contributed by atoms with Gasteiger partial charge in [0.1, 0.15) is 5.75 Å². The number of esters is 1. The molecule has 0 spiro atoms. The number of ether oxygens (including phenoxy) is 1. The summed E-state index contributed by atoms with van der Waals surface area (Å²) in [6.45, 7) is 9.51. The molecular formula is C32H34O2. The highest BCUT2D eigenvalue weighted by Crippen LogP contribution is 2.78. The zero-order chi connectivity index (χ0) is 24.0. The van der Waals surface area contributed by atoms with Crippen molar-refractivity contribution in [2.24, 2.45) is 16.2 Å². The fourth-order valence-electron chi connectivity index (χ4n) is 6.31. The number of fused-ring (bicyclic) bond motifs is 2. The number of benzene rings is 3. The summed E-state index contributed by atoms with van der Waals surface area (Å²) in [7, 11) is 0. The van der Waals surface area contributed by atoms with Crippen molar-refractivity contribution < 1.29 is 9.53 Å². The topological polar surface area (TPSA) is 26.3 Å². The lowest BCUT2D eigenvalue weighted by molar-refractivity contribution is 0.0737. The number of allylic oxidation sites excluding steroid dienone is 3. The van der Waals surface area contributed by atoms with Crippen molar-refractivity contribution in [3.05, 3.63) is 95.6 Å². The van der Waals surface area contributed by atoms with Crippen molar-refractivity contribution in [2.45, 2.75) is 53.4 Å². The molecule has 2 aliphatic carbocycles. The van der Waals surface area contributed by atoms with Crippen LogP contribution in [0.4, 0.5) is 0 Å². The Morgan fingerprint density at radius 1 is 0.912 bits per heavy atom. The van der Waals surface area contributed by atoms with Gasteiger partial charge in [-0.05, 0) is 71.6 Å². The zero-order valence-corrected chi connectivity index (χ0v) is 20.7. The summed E-state index contributed by atoms with van der Waals surface area (Å²) < 4.78 is 5.72. The lowest BCUT2D eigenvalue weighted by Gasteiger charge is -2.41. The van der Waals surface area contributed by atoms with Gasteiger partial charge in [0.05, 0.1) is 5.56 Å². The summed E-state index contributed by atoms with van der Waals surface area (Å²) in [4.78, 5) is 12.8. The molecule has 0 amide bonds. The number of carbonyl (C=O) groups excluding carboxylic acids is 1. The van der Waals surface area contributed by atoms with E-state index >= 15 is 0 Å². The van der Waals surface area contributed by atoms with Crippen LogP contribution in [0, 0.1) is 16.2 Å². The van der Waals surface area contributed by atoms with E-state index in [1.165, 1.54) is 31.3 Å². The number of hydrogen-bond donors (Lipinski definition) is 0. The molecule has 34 heavy (non-hydrogen) atoms. The molecule has 2 saturated carbocycles. The fourth-order valence-corrected chi connectivity index (χ4v) is 6.31. The van der Waals surface area contributed by atoms with Crippen molar-refractivity contribution >= 4 is 22.8 Å². The van der Waals surface area contributed by atoms with E-state index in [0.29, 0.717) is 27.6 Å². The van der Waals surface area contributed by atoms with E-state index in [0.717, 1.165) is 16.3 Å². The van der Waals surface area contributed by atoms with Gasteiger partial charge >= 0.3 is 5.97 Å². The molecule has 3 aromatic rings. The average Bonchev–Trinajstić information content (AvgIpc) is 3.46. The van der Waals surface area contributed by atoms with E-state index in [1.807, 2.05) is 66.7 Å². The number of rotatable bonds is 5. The minimum atomic E-state index is -0.338. The Morgan fingerprint density at radius 3 is 2.41 bits per heavy atom. The molecule has 2 fully saturated rings. The minimum absolute atomic E-state index is 0.336. The predicted molar refractivity (Wildman–Crippen MR) is 141 cm³/mol. The Labute approximate surface area is 203 Å². The quantitative estimate of drug-likeness (QED) is 0.221. The van der Waals surface area contributed by atoms with Gasteiger partial charge in [0.25, 0.3) is 0 Å². The van der Waals surface area contributed by atoms with E-state index in [2.05, 4.69) is 45.9 Å². The van der Waals surface area contributed by atoms with Crippen LogP contribution in [-0.2, 0) is 0 Å². The minimum Gasteiger partial charge on any atom is -0.422 e. The first-order valence-electron chi connectivity index (χ1n) is 12.4. The monoisotopic (exact) mass is 450 g/mol. The molecule has 5 rings (SSSR count). The molecule has 0 heterocycles. The molecule has 2 atom stereocenters. The van der Waals surface area contributed by atoms with E-state index in [9.17, 15) is 4.79 Å². The fraction of sp³-hybridized carbons (Fsp3) is 0.344. The van der Waals surface area contributed by atoms with Crippen LogP contribution in [0.25, 0.3) is 16.8 Å². The van der Waals surface area contributed by atoms with E-state index in [-0.39, 0.29) is 5.97 Å². The summed E-state index contributed by atoms with van der Waals surface area (Å²) >= 11 is 0. The third-order valence-electron chi connectivity index (χ3n) is 8.48. The highest BCUT2D eigenvalue weighted by atomic mass is 16.5. The predicted octanol–water partition coefficient (Wildman–Crippen LogP) is 8.63. The summed E-state index contributed by atoms with van der Waals surface area (Å²) in [5.74, 6) is 0.250. The molecular weight excluding hydrogens is 416 g/mol. The van der Waals surface area contributed by atoms with Gasteiger partial charge < -0.3 is 4.74 Å². The molecule has 2 unspecified atom stereocenters. The van der Waals surface area contributed by atoms with Gasteiger partial charge in [-0.25, -0.2) is 4.79 Å². The Bertz CT molecular complexity index is 1290. The lowest BCUT2D eigenvalue weighted by atomic mass is 9.63. The highest BCUT2D eigenvalue weighted by molar-refractivity contribution is 5.95. The van der Waals surface area contributed by atoms with Crippen LogP contribution < -0.4 is 4.74 Å². The standard InChI is InChI=1S/C32H34O2/c1-23(17-20-32-22-31(32,4)19-8-18-30(32,2)3)21-24-13-15-26(16-14-24)29(33)34-28-12-7-10-25-9-5-6-11-27(25)28/h5-7,9-17,20-21H,8,18-19,22H2,1-4H3. The van der Waals surface area contributed by atoms with Crippen molar-refractivity contribution in [3.8, 4) is 5.75 Å². The largest absolute Gasteiger partial charge is 0.422 e. The second-order valence-electron chi connectivity index (χ2n) is 11.2. The van der Waals surface area contributed by atoms with Crippen LogP contribution in [-0.4, -0.2) is 5.97 Å². The summed E-state index contributed by atoms with van der Waals surface area (Å²) in [6.07, 6.45) is 12.3. The third kappa shape index (κ3) is 3.90. The summed E-state index contributed by atoms with van der Waals surface area (Å²) in [6, 6.07) is 21.4. The Hall–Kier alpha value is -3.13. The van der Waals surface area contributed by atoms with Crippen LogP contribution in [0.2, 0.25) is 0 Å². The molecule has 174 valence electrons. The van der Waals surface area contributed by atoms with Gasteiger partial charge in [-0.15, -0.1) is 0 Å². The van der Waals surface area contributed by atoms with E-state index < -0.39 is 0 Å². The van der Waals surface area contributed by atoms with E-state index in [4.69, 9.17) is 4.74 Å². The molecule has 0 radical (unpaired) electrons. The average molecular weight is 451 g/mol. The highest BCUT2D eigenvalue weighted by Gasteiger charge is 2.69.